The van der Waals surface area contributed by atoms with Gasteiger partial charge in [0.1, 0.15) is 22.5 Å². The van der Waals surface area contributed by atoms with Crippen molar-refractivity contribution in [1.82, 2.24) is 19.3 Å². The number of rotatable bonds is 5. The molecule has 9 nitrogen and oxygen atoms in total. The highest BCUT2D eigenvalue weighted by molar-refractivity contribution is 5.96. The Balaban J connectivity index is 1.66. The van der Waals surface area contributed by atoms with Crippen molar-refractivity contribution in [2.45, 2.75) is 32.0 Å². The average molecular weight is 419 g/mol. The van der Waals surface area contributed by atoms with Gasteiger partial charge in [0.15, 0.2) is 0 Å². The van der Waals surface area contributed by atoms with Crippen molar-refractivity contribution in [2.24, 2.45) is 0 Å². The molecule has 1 aliphatic heterocycles. The van der Waals surface area contributed by atoms with Crippen LogP contribution in [0, 0.1) is 5.41 Å². The molecule has 0 spiro atoms. The number of carbonyl (C=O) groups excluding carboxylic acids is 1. The van der Waals surface area contributed by atoms with Crippen molar-refractivity contribution in [1.29, 1.82) is 5.41 Å². The Hall–Kier alpha value is -3.72. The van der Waals surface area contributed by atoms with E-state index in [4.69, 9.17) is 14.6 Å². The maximum Gasteiger partial charge on any atom is 0.267 e. The van der Waals surface area contributed by atoms with Gasteiger partial charge in [-0.15, -0.1) is 0 Å². The summed E-state index contributed by atoms with van der Waals surface area (Å²) < 4.78 is 14.1. The summed E-state index contributed by atoms with van der Waals surface area (Å²) in [5.41, 5.74) is 0.663. The Kier molecular flexibility index (Phi) is 4.87. The highest BCUT2D eigenvalue weighted by atomic mass is 16.5. The van der Waals surface area contributed by atoms with E-state index in [1.54, 1.807) is 41.1 Å². The van der Waals surface area contributed by atoms with E-state index in [-0.39, 0.29) is 34.6 Å². The number of nitrogens with one attached hydrogen (secondary N) is 2. The molecule has 31 heavy (non-hydrogen) atoms. The van der Waals surface area contributed by atoms with Gasteiger partial charge in [0.05, 0.1) is 36.4 Å². The molecule has 0 aliphatic carbocycles. The van der Waals surface area contributed by atoms with Crippen LogP contribution >= 0.6 is 0 Å². The fraction of sp³-hybridized carbons (Fsp3) is 0.273. The number of nitrogens with zero attached hydrogens (tertiary/aromatic N) is 3. The van der Waals surface area contributed by atoms with E-state index < -0.39 is 5.91 Å². The first-order valence-corrected chi connectivity index (χ1v) is 10.1. The summed E-state index contributed by atoms with van der Waals surface area (Å²) in [6, 6.07) is 10.2. The molecule has 0 unspecified atom stereocenters. The third-order valence-corrected chi connectivity index (χ3v) is 5.48. The Morgan fingerprint density at radius 3 is 2.97 bits per heavy atom. The highest BCUT2D eigenvalue weighted by Crippen LogP contribution is 2.17. The van der Waals surface area contributed by atoms with E-state index in [1.807, 2.05) is 0 Å². The van der Waals surface area contributed by atoms with Crippen molar-refractivity contribution < 1.29 is 13.9 Å². The number of ether oxygens (including phenoxy) is 1. The lowest BCUT2D eigenvalue weighted by atomic mass is 10.1. The first-order chi connectivity index (χ1) is 15.1. The molecule has 2 N–H and O–H groups in total. The minimum absolute atomic E-state index is 0.00729. The Morgan fingerprint density at radius 2 is 2.19 bits per heavy atom. The van der Waals surface area contributed by atoms with Gasteiger partial charge in [-0.1, -0.05) is 6.07 Å². The number of hydrogen-bond acceptors (Lipinski definition) is 6. The molecule has 1 fully saturated rings. The van der Waals surface area contributed by atoms with Gasteiger partial charge in [0, 0.05) is 12.8 Å². The van der Waals surface area contributed by atoms with Crippen LogP contribution in [0.25, 0.3) is 16.7 Å². The number of pyridine rings is 2. The molecule has 5 heterocycles. The third kappa shape index (κ3) is 3.53. The van der Waals surface area contributed by atoms with Crippen LogP contribution in [0.5, 0.6) is 0 Å². The molecular formula is C22H21N5O4. The maximum absolute atomic E-state index is 13.2. The monoisotopic (exact) mass is 419 g/mol. The number of furan rings is 1. The quantitative estimate of drug-likeness (QED) is 0.479. The smallest absolute Gasteiger partial charge is 0.267 e. The summed E-state index contributed by atoms with van der Waals surface area (Å²) in [5, 5.41) is 11.8. The lowest BCUT2D eigenvalue weighted by Crippen LogP contribution is -2.36. The molecule has 4 aromatic rings. The number of carbonyl (C=O) groups is 1. The van der Waals surface area contributed by atoms with Crippen molar-refractivity contribution in [3.05, 3.63) is 76.0 Å². The van der Waals surface area contributed by atoms with E-state index >= 15 is 0 Å². The van der Waals surface area contributed by atoms with Gasteiger partial charge in [-0.2, -0.15) is 0 Å². The largest absolute Gasteiger partial charge is 0.467 e. The summed E-state index contributed by atoms with van der Waals surface area (Å²) in [6.07, 6.45) is 4.88. The molecule has 0 aromatic carbocycles. The summed E-state index contributed by atoms with van der Waals surface area (Å²) in [6.45, 7) is 1.20. The fourth-order valence-corrected chi connectivity index (χ4v) is 3.91. The number of fused-ring (bicyclic) bond motifs is 2. The molecule has 0 bridgehead atoms. The fourth-order valence-electron chi connectivity index (χ4n) is 3.91. The van der Waals surface area contributed by atoms with Crippen molar-refractivity contribution >= 4 is 22.6 Å². The minimum Gasteiger partial charge on any atom is -0.467 e. The van der Waals surface area contributed by atoms with E-state index in [2.05, 4.69) is 10.3 Å². The van der Waals surface area contributed by atoms with Crippen LogP contribution < -0.4 is 16.4 Å². The summed E-state index contributed by atoms with van der Waals surface area (Å²) in [5.74, 6) is 0.141. The zero-order valence-corrected chi connectivity index (χ0v) is 16.7. The molecule has 1 amide bonds. The molecule has 158 valence electrons. The molecule has 1 atom stereocenters. The van der Waals surface area contributed by atoms with E-state index in [0.717, 1.165) is 12.8 Å². The SMILES string of the molecule is N=c1c(C(=O)NCc2ccco2)cc2c(=O)n3ccccc3nc2n1C[C@@H]1CCCO1. The van der Waals surface area contributed by atoms with Crippen molar-refractivity contribution in [3.63, 3.8) is 0 Å². The zero-order valence-electron chi connectivity index (χ0n) is 16.7. The molecule has 9 heteroatoms. The predicted octanol–water partition coefficient (Wildman–Crippen LogP) is 1.83. The van der Waals surface area contributed by atoms with Gasteiger partial charge in [-0.25, -0.2) is 4.98 Å². The van der Waals surface area contributed by atoms with E-state index in [0.29, 0.717) is 30.2 Å². The van der Waals surface area contributed by atoms with Crippen LogP contribution in [0.4, 0.5) is 0 Å². The van der Waals surface area contributed by atoms with E-state index in [1.165, 1.54) is 16.7 Å². The first kappa shape index (κ1) is 19.3. The standard InChI is InChI=1S/C22H21N5O4/c23-19-16(21(28)24-12-14-5-3-9-30-14)11-17-20(27(19)13-15-6-4-10-31-15)25-18-7-1-2-8-26(18)22(17)29/h1-3,5,7-9,11,15,23H,4,6,10,12-13H2,(H,24,28)/t15-/m0/s1. The summed E-state index contributed by atoms with van der Waals surface area (Å²) >= 11 is 0. The number of aromatic nitrogens is 3. The van der Waals surface area contributed by atoms with Crippen molar-refractivity contribution in [2.75, 3.05) is 6.61 Å². The second-order valence-electron chi connectivity index (χ2n) is 7.50. The van der Waals surface area contributed by atoms with Crippen LogP contribution in [-0.2, 0) is 17.8 Å². The molecule has 1 aliphatic rings. The Labute approximate surface area is 176 Å². The number of amides is 1. The maximum atomic E-state index is 13.2. The topological polar surface area (TPSA) is 115 Å². The van der Waals surface area contributed by atoms with Gasteiger partial charge in [-0.05, 0) is 43.2 Å². The molecule has 1 saturated heterocycles. The lowest BCUT2D eigenvalue weighted by Gasteiger charge is -2.17. The van der Waals surface area contributed by atoms with Crippen LogP contribution in [-0.4, -0.2) is 32.6 Å². The van der Waals surface area contributed by atoms with Crippen LogP contribution in [0.1, 0.15) is 29.0 Å². The summed E-state index contributed by atoms with van der Waals surface area (Å²) in [7, 11) is 0. The van der Waals surface area contributed by atoms with Gasteiger partial charge in [0.2, 0.25) is 0 Å². The van der Waals surface area contributed by atoms with E-state index in [9.17, 15) is 9.59 Å². The first-order valence-electron chi connectivity index (χ1n) is 10.1. The third-order valence-electron chi connectivity index (χ3n) is 5.48. The van der Waals surface area contributed by atoms with Crippen molar-refractivity contribution in [3.8, 4) is 0 Å². The average Bonchev–Trinajstić information content (AvgIpc) is 3.48. The van der Waals surface area contributed by atoms with Gasteiger partial charge >= 0.3 is 0 Å². The van der Waals surface area contributed by atoms with Crippen LogP contribution in [0.3, 0.4) is 0 Å². The molecule has 0 saturated carbocycles. The zero-order chi connectivity index (χ0) is 21.4. The Bertz CT molecular complexity index is 1380. The number of hydrogen-bond donors (Lipinski definition) is 2. The summed E-state index contributed by atoms with van der Waals surface area (Å²) in [4.78, 5) is 30.7. The Morgan fingerprint density at radius 1 is 1.29 bits per heavy atom. The molecular weight excluding hydrogens is 398 g/mol. The highest BCUT2D eigenvalue weighted by Gasteiger charge is 2.22. The second-order valence-corrected chi connectivity index (χ2v) is 7.50. The molecule has 5 rings (SSSR count). The predicted molar refractivity (Wildman–Crippen MR) is 112 cm³/mol. The van der Waals surface area contributed by atoms with Crippen LogP contribution in [0.15, 0.2) is 58.1 Å². The van der Waals surface area contributed by atoms with Gasteiger partial charge in [-0.3, -0.25) is 19.4 Å². The lowest BCUT2D eigenvalue weighted by molar-refractivity contribution is 0.0929. The second kappa shape index (κ2) is 7.84. The molecule has 0 radical (unpaired) electrons. The van der Waals surface area contributed by atoms with Gasteiger partial charge < -0.3 is 19.0 Å². The van der Waals surface area contributed by atoms with Crippen LogP contribution in [0.2, 0.25) is 0 Å². The van der Waals surface area contributed by atoms with Gasteiger partial charge in [0.25, 0.3) is 11.5 Å². The minimum atomic E-state index is -0.457. The normalized spacial score (nSPS) is 16.2. The molecule has 4 aromatic heterocycles.